The third-order valence-electron chi connectivity index (χ3n) is 2.26. The zero-order valence-corrected chi connectivity index (χ0v) is 7.86. The van der Waals surface area contributed by atoms with Crippen molar-refractivity contribution in [1.82, 2.24) is 9.55 Å². The van der Waals surface area contributed by atoms with Gasteiger partial charge in [0.2, 0.25) is 0 Å². The predicted octanol–water partition coefficient (Wildman–Crippen LogP) is -1.20. The molecule has 0 atom stereocenters. The Hall–Kier alpha value is -1.71. The minimum Gasteiger partial charge on any atom is -0.294 e. The van der Waals surface area contributed by atoms with Crippen molar-refractivity contribution in [3.8, 4) is 0 Å². The summed E-state index contributed by atoms with van der Waals surface area (Å²) < 4.78 is 1.57. The van der Waals surface area contributed by atoms with E-state index in [2.05, 4.69) is 4.98 Å². The Morgan fingerprint density at radius 1 is 1.50 bits per heavy atom. The van der Waals surface area contributed by atoms with E-state index in [1.54, 1.807) is 10.6 Å². The van der Waals surface area contributed by atoms with Gasteiger partial charge in [0.1, 0.15) is 0 Å². The normalized spacial score (nSPS) is 14.2. The zero-order chi connectivity index (χ0) is 10.1. The summed E-state index contributed by atoms with van der Waals surface area (Å²) in [6.45, 7) is 2.46. The lowest BCUT2D eigenvalue weighted by atomic mass is 10.1. The monoisotopic (exact) mass is 190 g/mol. The van der Waals surface area contributed by atoms with Gasteiger partial charge in [0.15, 0.2) is 5.78 Å². The summed E-state index contributed by atoms with van der Waals surface area (Å²) in [5.41, 5.74) is -0.259. The summed E-state index contributed by atoms with van der Waals surface area (Å²) in [6, 6.07) is 0. The third kappa shape index (κ3) is 1.28. The van der Waals surface area contributed by atoms with Gasteiger partial charge >= 0.3 is 5.69 Å². The molecular weight excluding hydrogens is 180 g/mol. The number of ketones is 1. The van der Waals surface area contributed by atoms with E-state index in [1.807, 2.05) is 6.92 Å². The van der Waals surface area contributed by atoms with Crippen molar-refractivity contribution in [3.63, 3.8) is 0 Å². The van der Waals surface area contributed by atoms with Crippen LogP contribution in [0.3, 0.4) is 0 Å². The van der Waals surface area contributed by atoms with Crippen LogP contribution in [0.4, 0.5) is 0 Å². The smallest absolute Gasteiger partial charge is 0.294 e. The summed E-state index contributed by atoms with van der Waals surface area (Å²) in [6.07, 6.45) is 5.14. The Balaban J connectivity index is 2.90. The topological polar surface area (TPSA) is 52.0 Å². The Morgan fingerprint density at radius 2 is 2.29 bits per heavy atom. The number of nitrogens with zero attached hydrogens (tertiary/aromatic N) is 2. The van der Waals surface area contributed by atoms with Gasteiger partial charge in [0.25, 0.3) is 0 Å². The first kappa shape index (κ1) is 8.87. The molecule has 0 saturated carbocycles. The molecule has 0 aromatic carbocycles. The lowest BCUT2D eigenvalue weighted by Crippen LogP contribution is -2.45. The molecule has 0 N–H and O–H groups in total. The number of carbonyl (C=O) groups excluding carboxylic acids is 1. The molecular formula is C10H10N2O2. The first-order valence-corrected chi connectivity index (χ1v) is 4.53. The number of carbonyl (C=O) groups is 1. The molecule has 1 aromatic rings. The SMILES string of the molecule is CCn1c(=O)ncc2c1=CCC(=O)C=2. The van der Waals surface area contributed by atoms with Crippen LogP contribution in [0.5, 0.6) is 0 Å². The molecule has 1 aliphatic rings. The van der Waals surface area contributed by atoms with Gasteiger partial charge in [0, 0.05) is 24.4 Å². The molecule has 1 aromatic heterocycles. The van der Waals surface area contributed by atoms with Crippen molar-refractivity contribution in [1.29, 1.82) is 0 Å². The summed E-state index contributed by atoms with van der Waals surface area (Å²) in [7, 11) is 0. The molecule has 72 valence electrons. The molecule has 0 spiro atoms. The number of fused-ring (bicyclic) bond motifs is 1. The minimum atomic E-state index is -0.259. The fourth-order valence-corrected chi connectivity index (χ4v) is 1.59. The molecule has 0 saturated heterocycles. The van der Waals surface area contributed by atoms with Gasteiger partial charge in [-0.15, -0.1) is 0 Å². The second-order valence-corrected chi connectivity index (χ2v) is 3.14. The van der Waals surface area contributed by atoms with Crippen molar-refractivity contribution in [2.24, 2.45) is 0 Å². The van der Waals surface area contributed by atoms with Crippen LogP contribution in [-0.4, -0.2) is 15.3 Å². The highest BCUT2D eigenvalue weighted by Gasteiger charge is 2.05. The number of hydrogen-bond donors (Lipinski definition) is 0. The van der Waals surface area contributed by atoms with Crippen LogP contribution in [0, 0.1) is 0 Å². The van der Waals surface area contributed by atoms with E-state index >= 15 is 0 Å². The first-order valence-electron chi connectivity index (χ1n) is 4.53. The van der Waals surface area contributed by atoms with Gasteiger partial charge < -0.3 is 0 Å². The molecule has 1 heterocycles. The summed E-state index contributed by atoms with van der Waals surface area (Å²) in [4.78, 5) is 26.1. The highest BCUT2D eigenvalue weighted by atomic mass is 16.1. The van der Waals surface area contributed by atoms with Gasteiger partial charge in [-0.25, -0.2) is 9.78 Å². The molecule has 0 radical (unpaired) electrons. The summed E-state index contributed by atoms with van der Waals surface area (Å²) in [5.74, 6) is 0.0561. The predicted molar refractivity (Wildman–Crippen MR) is 52.0 cm³/mol. The van der Waals surface area contributed by atoms with Crippen molar-refractivity contribution in [2.45, 2.75) is 19.9 Å². The van der Waals surface area contributed by atoms with E-state index in [-0.39, 0.29) is 11.5 Å². The lowest BCUT2D eigenvalue weighted by molar-refractivity contribution is -0.112. The number of hydrogen-bond acceptors (Lipinski definition) is 3. The van der Waals surface area contributed by atoms with Crippen molar-refractivity contribution in [2.75, 3.05) is 0 Å². The van der Waals surface area contributed by atoms with Crippen molar-refractivity contribution < 1.29 is 4.79 Å². The van der Waals surface area contributed by atoms with Crippen LogP contribution in [0.25, 0.3) is 12.2 Å². The second-order valence-electron chi connectivity index (χ2n) is 3.14. The number of Topliss-reactive ketones (excluding diaryl/α,β-unsaturated/α-hetero) is 1. The Morgan fingerprint density at radius 3 is 3.00 bits per heavy atom. The molecule has 1 aliphatic carbocycles. The van der Waals surface area contributed by atoms with E-state index in [1.165, 1.54) is 12.3 Å². The van der Waals surface area contributed by atoms with Gasteiger partial charge in [-0.3, -0.25) is 9.36 Å². The summed E-state index contributed by atoms with van der Waals surface area (Å²) in [5, 5.41) is 1.55. The minimum absolute atomic E-state index is 0.0561. The van der Waals surface area contributed by atoms with E-state index in [4.69, 9.17) is 0 Å². The highest BCUT2D eigenvalue weighted by molar-refractivity contribution is 6.08. The Bertz CT molecular complexity index is 554. The maximum Gasteiger partial charge on any atom is 0.347 e. The fraction of sp³-hybridized carbons (Fsp3) is 0.300. The standard InChI is InChI=1S/C10H10N2O2/c1-2-12-9-4-3-8(13)5-7(9)6-11-10(12)14/h4-6H,2-3H2,1H3. The van der Waals surface area contributed by atoms with Crippen molar-refractivity contribution >= 4 is 17.9 Å². The number of rotatable bonds is 1. The van der Waals surface area contributed by atoms with Crippen molar-refractivity contribution in [3.05, 3.63) is 27.2 Å². The molecule has 0 bridgehead atoms. The van der Waals surface area contributed by atoms with Crippen LogP contribution in [0.15, 0.2) is 11.0 Å². The molecule has 2 rings (SSSR count). The van der Waals surface area contributed by atoms with Gasteiger partial charge in [-0.2, -0.15) is 0 Å². The van der Waals surface area contributed by atoms with Crippen LogP contribution < -0.4 is 16.3 Å². The number of aromatic nitrogens is 2. The molecule has 4 heteroatoms. The highest BCUT2D eigenvalue weighted by Crippen LogP contribution is 1.88. The Kier molecular flexibility index (Phi) is 2.04. The molecule has 0 fully saturated rings. The van der Waals surface area contributed by atoms with Crippen LogP contribution in [-0.2, 0) is 11.3 Å². The van der Waals surface area contributed by atoms with E-state index in [0.717, 1.165) is 10.6 Å². The molecule has 4 nitrogen and oxygen atoms in total. The Labute approximate surface area is 80.2 Å². The van der Waals surface area contributed by atoms with E-state index in [0.29, 0.717) is 13.0 Å². The molecule has 0 amide bonds. The molecule has 14 heavy (non-hydrogen) atoms. The average Bonchev–Trinajstić information content (AvgIpc) is 2.18. The lowest BCUT2D eigenvalue weighted by Gasteiger charge is -2.05. The van der Waals surface area contributed by atoms with E-state index < -0.39 is 0 Å². The average molecular weight is 190 g/mol. The van der Waals surface area contributed by atoms with Gasteiger partial charge in [0.05, 0.1) is 5.35 Å². The quantitative estimate of drug-likeness (QED) is 0.558. The van der Waals surface area contributed by atoms with Crippen LogP contribution in [0.2, 0.25) is 0 Å². The third-order valence-corrected chi connectivity index (χ3v) is 2.26. The zero-order valence-electron chi connectivity index (χ0n) is 7.86. The van der Waals surface area contributed by atoms with Crippen LogP contribution >= 0.6 is 0 Å². The first-order chi connectivity index (χ1) is 6.72. The largest absolute Gasteiger partial charge is 0.347 e. The molecule has 0 unspecified atom stereocenters. The maximum absolute atomic E-state index is 11.3. The van der Waals surface area contributed by atoms with Crippen LogP contribution in [0.1, 0.15) is 13.3 Å². The summed E-state index contributed by atoms with van der Waals surface area (Å²) >= 11 is 0. The van der Waals surface area contributed by atoms with E-state index in [9.17, 15) is 9.59 Å². The molecule has 0 aliphatic heterocycles. The fourth-order valence-electron chi connectivity index (χ4n) is 1.59. The van der Waals surface area contributed by atoms with Gasteiger partial charge in [-0.1, -0.05) is 6.08 Å². The maximum atomic E-state index is 11.3. The van der Waals surface area contributed by atoms with Gasteiger partial charge in [-0.05, 0) is 13.0 Å². The second kappa shape index (κ2) is 3.21.